The van der Waals surface area contributed by atoms with Gasteiger partial charge < -0.3 is 20.2 Å². The van der Waals surface area contributed by atoms with Crippen molar-refractivity contribution in [3.05, 3.63) is 24.3 Å². The summed E-state index contributed by atoms with van der Waals surface area (Å²) in [6, 6.07) is 7.29. The molecule has 2 saturated heterocycles. The lowest BCUT2D eigenvalue weighted by Gasteiger charge is -2.34. The first-order valence-corrected chi connectivity index (χ1v) is 7.96. The van der Waals surface area contributed by atoms with Crippen molar-refractivity contribution in [2.75, 3.05) is 36.4 Å². The molecule has 24 heavy (non-hydrogen) atoms. The first kappa shape index (κ1) is 16.1. The zero-order chi connectivity index (χ0) is 17.1. The molecule has 0 bridgehead atoms. The van der Waals surface area contributed by atoms with Gasteiger partial charge >= 0.3 is 6.09 Å². The van der Waals surface area contributed by atoms with E-state index in [9.17, 15) is 14.4 Å². The summed E-state index contributed by atoms with van der Waals surface area (Å²) in [6.07, 6.45) is -0.0442. The first-order chi connectivity index (χ1) is 11.5. The summed E-state index contributed by atoms with van der Waals surface area (Å²) in [5, 5.41) is 14.4. The fraction of sp³-hybridized carbons (Fsp3) is 0.438. The van der Waals surface area contributed by atoms with Crippen molar-refractivity contribution in [1.29, 1.82) is 0 Å². The lowest BCUT2D eigenvalue weighted by Crippen LogP contribution is -2.48. The Morgan fingerprint density at radius 1 is 1.12 bits per heavy atom. The van der Waals surface area contributed by atoms with Gasteiger partial charge in [-0.05, 0) is 30.7 Å². The molecule has 2 heterocycles. The third-order valence-electron chi connectivity index (χ3n) is 4.36. The molecule has 3 amide bonds. The van der Waals surface area contributed by atoms with Crippen molar-refractivity contribution in [1.82, 2.24) is 10.2 Å². The lowest BCUT2D eigenvalue weighted by atomic mass is 10.1. The molecule has 1 aromatic rings. The number of piperazine rings is 1. The molecule has 0 radical (unpaired) electrons. The molecule has 8 heteroatoms. The van der Waals surface area contributed by atoms with E-state index >= 15 is 0 Å². The van der Waals surface area contributed by atoms with Crippen LogP contribution in [0.5, 0.6) is 0 Å². The standard InChI is InChI=1S/C16H20N4O4/c21-14-6-5-13(15(22)18-14)17-11-1-3-12(4-2-11)19-7-9-20(10-8-19)16(23)24/h1-4,13,17H,5-10H2,(H,23,24)(H,18,21,22)/t13-/m0/s1. The van der Waals surface area contributed by atoms with Gasteiger partial charge in [-0.1, -0.05) is 0 Å². The molecule has 2 fully saturated rings. The Morgan fingerprint density at radius 3 is 2.38 bits per heavy atom. The van der Waals surface area contributed by atoms with Crippen molar-refractivity contribution < 1.29 is 19.5 Å². The Kier molecular flexibility index (Phi) is 4.54. The van der Waals surface area contributed by atoms with Gasteiger partial charge in [-0.3, -0.25) is 14.9 Å². The van der Waals surface area contributed by atoms with Crippen molar-refractivity contribution >= 4 is 29.3 Å². The summed E-state index contributed by atoms with van der Waals surface area (Å²) in [7, 11) is 0. The maximum atomic E-state index is 11.8. The fourth-order valence-corrected chi connectivity index (χ4v) is 2.96. The average Bonchev–Trinajstić information content (AvgIpc) is 2.58. The lowest BCUT2D eigenvalue weighted by molar-refractivity contribution is -0.133. The molecule has 3 N–H and O–H groups in total. The molecule has 0 aromatic heterocycles. The largest absolute Gasteiger partial charge is 0.465 e. The third-order valence-corrected chi connectivity index (χ3v) is 4.36. The number of piperidine rings is 1. The molecule has 1 atom stereocenters. The number of carboxylic acid groups (broad SMARTS) is 1. The van der Waals surface area contributed by atoms with Crippen LogP contribution < -0.4 is 15.5 Å². The number of hydrogen-bond acceptors (Lipinski definition) is 5. The highest BCUT2D eigenvalue weighted by Gasteiger charge is 2.26. The maximum absolute atomic E-state index is 11.8. The van der Waals surface area contributed by atoms with E-state index in [2.05, 4.69) is 15.5 Å². The second-order valence-electron chi connectivity index (χ2n) is 5.95. The molecular formula is C16H20N4O4. The van der Waals surface area contributed by atoms with Gasteiger partial charge in [0.2, 0.25) is 11.8 Å². The molecule has 128 valence electrons. The number of carbonyl (C=O) groups excluding carboxylic acids is 2. The molecule has 1 aromatic carbocycles. The topological polar surface area (TPSA) is 102 Å². The second-order valence-corrected chi connectivity index (χ2v) is 5.95. The van der Waals surface area contributed by atoms with Crippen molar-refractivity contribution in [2.24, 2.45) is 0 Å². The van der Waals surface area contributed by atoms with Crippen LogP contribution in [0.2, 0.25) is 0 Å². The molecule has 2 aliphatic heterocycles. The van der Waals surface area contributed by atoms with E-state index in [-0.39, 0.29) is 11.8 Å². The van der Waals surface area contributed by atoms with E-state index in [1.54, 1.807) is 0 Å². The molecule has 8 nitrogen and oxygen atoms in total. The normalized spacial score (nSPS) is 21.4. The Bertz CT molecular complexity index is 638. The smallest absolute Gasteiger partial charge is 0.407 e. The quantitative estimate of drug-likeness (QED) is 0.705. The van der Waals surface area contributed by atoms with Gasteiger partial charge in [-0.2, -0.15) is 0 Å². The monoisotopic (exact) mass is 332 g/mol. The van der Waals surface area contributed by atoms with Gasteiger partial charge in [-0.15, -0.1) is 0 Å². The van der Waals surface area contributed by atoms with Gasteiger partial charge in [0.1, 0.15) is 6.04 Å². The first-order valence-electron chi connectivity index (χ1n) is 7.96. The zero-order valence-corrected chi connectivity index (χ0v) is 13.2. The van der Waals surface area contributed by atoms with Crippen LogP contribution in [0.1, 0.15) is 12.8 Å². The highest BCUT2D eigenvalue weighted by Crippen LogP contribution is 2.21. The molecule has 2 aliphatic rings. The number of nitrogens with zero attached hydrogens (tertiary/aromatic N) is 2. The SMILES string of the molecule is O=C1CC[C@H](Nc2ccc(N3CCN(C(=O)O)CC3)cc2)C(=O)N1. The van der Waals surface area contributed by atoms with Crippen LogP contribution in [0, 0.1) is 0 Å². The number of carbonyl (C=O) groups is 3. The van der Waals surface area contributed by atoms with Gasteiger partial charge in [0.25, 0.3) is 0 Å². The molecule has 0 saturated carbocycles. The molecule has 0 unspecified atom stereocenters. The van der Waals surface area contributed by atoms with Gasteiger partial charge in [0.05, 0.1) is 0 Å². The summed E-state index contributed by atoms with van der Waals surface area (Å²) in [5.41, 5.74) is 1.84. The van der Waals surface area contributed by atoms with Crippen LogP contribution >= 0.6 is 0 Å². The van der Waals surface area contributed by atoms with Gasteiger partial charge in [0.15, 0.2) is 0 Å². The zero-order valence-electron chi connectivity index (χ0n) is 13.2. The second kappa shape index (κ2) is 6.77. The van der Waals surface area contributed by atoms with Gasteiger partial charge in [-0.25, -0.2) is 4.79 Å². The van der Waals surface area contributed by atoms with E-state index in [0.29, 0.717) is 39.0 Å². The van der Waals surface area contributed by atoms with E-state index in [0.717, 1.165) is 11.4 Å². The predicted octanol–water partition coefficient (Wildman–Crippen LogP) is 0.704. The minimum Gasteiger partial charge on any atom is -0.465 e. The summed E-state index contributed by atoms with van der Waals surface area (Å²) < 4.78 is 0. The molecule has 0 spiro atoms. The van der Waals surface area contributed by atoms with E-state index in [1.165, 1.54) is 4.90 Å². The summed E-state index contributed by atoms with van der Waals surface area (Å²) in [6.45, 7) is 2.30. The summed E-state index contributed by atoms with van der Waals surface area (Å²) in [5.74, 6) is -0.519. The van der Waals surface area contributed by atoms with Crippen LogP contribution in [0.3, 0.4) is 0 Å². The minimum absolute atomic E-state index is 0.228. The van der Waals surface area contributed by atoms with Crippen LogP contribution in [-0.4, -0.2) is 60.1 Å². The highest BCUT2D eigenvalue weighted by molar-refractivity contribution is 6.01. The average molecular weight is 332 g/mol. The van der Waals surface area contributed by atoms with E-state index in [4.69, 9.17) is 5.11 Å². The Hall–Kier alpha value is -2.77. The molecule has 0 aliphatic carbocycles. The number of amides is 3. The van der Waals surface area contributed by atoms with Crippen molar-refractivity contribution in [3.63, 3.8) is 0 Å². The number of imide groups is 1. The van der Waals surface area contributed by atoms with Gasteiger partial charge in [0, 0.05) is 44.0 Å². The number of rotatable bonds is 3. The number of hydrogen-bond donors (Lipinski definition) is 3. The van der Waals surface area contributed by atoms with E-state index in [1.807, 2.05) is 24.3 Å². The summed E-state index contributed by atoms with van der Waals surface area (Å²) >= 11 is 0. The predicted molar refractivity (Wildman–Crippen MR) is 88.0 cm³/mol. The number of nitrogens with one attached hydrogen (secondary N) is 2. The molecular weight excluding hydrogens is 312 g/mol. The molecule has 3 rings (SSSR count). The minimum atomic E-state index is -0.876. The Balaban J connectivity index is 1.57. The van der Waals surface area contributed by atoms with Crippen LogP contribution in [0.15, 0.2) is 24.3 Å². The van der Waals surface area contributed by atoms with Crippen LogP contribution in [-0.2, 0) is 9.59 Å². The van der Waals surface area contributed by atoms with Crippen molar-refractivity contribution in [3.8, 4) is 0 Å². The van der Waals surface area contributed by atoms with Crippen LogP contribution in [0.4, 0.5) is 16.2 Å². The van der Waals surface area contributed by atoms with Crippen molar-refractivity contribution in [2.45, 2.75) is 18.9 Å². The Labute approximate surface area is 139 Å². The maximum Gasteiger partial charge on any atom is 0.407 e. The number of anilines is 2. The number of benzene rings is 1. The Morgan fingerprint density at radius 2 is 1.79 bits per heavy atom. The van der Waals surface area contributed by atoms with E-state index < -0.39 is 12.1 Å². The third kappa shape index (κ3) is 3.58. The highest BCUT2D eigenvalue weighted by atomic mass is 16.4. The summed E-state index contributed by atoms with van der Waals surface area (Å²) in [4.78, 5) is 37.4. The fourth-order valence-electron chi connectivity index (χ4n) is 2.96. The van der Waals surface area contributed by atoms with Crippen LogP contribution in [0.25, 0.3) is 0 Å².